The second kappa shape index (κ2) is 10.4. The molecule has 0 aliphatic rings. The Hall–Kier alpha value is -2.96. The maximum absolute atomic E-state index is 6.43. The third kappa shape index (κ3) is 8.36. The zero-order chi connectivity index (χ0) is 24.4. The molecule has 12 nitrogen and oxygen atoms in total. The molecular formula is C18H42N6O6Si+4. The zero-order valence-electron chi connectivity index (χ0n) is 21.1. The van der Waals surface area contributed by atoms with E-state index in [0.717, 1.165) is 0 Å². The minimum atomic E-state index is -6.43. The summed E-state index contributed by atoms with van der Waals surface area (Å²) < 4.78 is 46.8. The average Bonchev–Trinajstić information content (AvgIpc) is 2.66. The molecule has 0 spiro atoms. The zero-order valence-corrected chi connectivity index (χ0v) is 22.1. The van der Waals surface area contributed by atoms with Crippen molar-refractivity contribution in [2.24, 2.45) is 0 Å². The van der Waals surface area contributed by atoms with E-state index in [0.29, 0.717) is 0 Å². The summed E-state index contributed by atoms with van der Waals surface area (Å²) >= 11 is 0. The van der Waals surface area contributed by atoms with Gasteiger partial charge in [0.05, 0.1) is 0 Å². The summed E-state index contributed by atoms with van der Waals surface area (Å²) in [6, 6.07) is 0. The van der Waals surface area contributed by atoms with E-state index in [-0.39, 0.29) is 0 Å². The van der Waals surface area contributed by atoms with E-state index in [2.05, 4.69) is 0 Å². The molecule has 0 fully saturated rings. The van der Waals surface area contributed by atoms with E-state index < -0.39 is 8.09 Å². The van der Waals surface area contributed by atoms with Crippen molar-refractivity contribution in [1.82, 2.24) is 0 Å². The van der Waals surface area contributed by atoms with Crippen LogP contribution in [0.25, 0.3) is 0 Å². The Labute approximate surface area is 185 Å². The molecule has 0 unspecified atom stereocenters. The molecule has 0 aliphatic carbocycles. The molecule has 0 aromatic heterocycles. The van der Waals surface area contributed by atoms with Gasteiger partial charge >= 0.3 is 185 Å². The SMILES string of the molecule is C[N+](C)=CO[Si-2](OC=[N+](C)C)(OC=[N+](C)C)(OC=[N+](C)C)(OC=[N+](C)C)OC=[N+](C)C. The van der Waals surface area contributed by atoms with Crippen molar-refractivity contribution in [3.8, 4) is 0 Å². The van der Waals surface area contributed by atoms with Crippen LogP contribution in [0.3, 0.4) is 0 Å². The van der Waals surface area contributed by atoms with E-state index in [1.165, 1.54) is 38.4 Å². The van der Waals surface area contributed by atoms with Crippen LogP contribution in [0, 0.1) is 0 Å². The summed E-state index contributed by atoms with van der Waals surface area (Å²) in [7, 11) is 14.7. The Bertz CT molecular complexity index is 632. The van der Waals surface area contributed by atoms with Gasteiger partial charge in [-0.3, -0.25) is 0 Å². The summed E-state index contributed by atoms with van der Waals surface area (Å²) in [6.07, 6.45) is 7.96. The first-order valence-corrected chi connectivity index (χ1v) is 12.0. The predicted molar refractivity (Wildman–Crippen MR) is 121 cm³/mol. The van der Waals surface area contributed by atoms with E-state index in [4.69, 9.17) is 26.6 Å². The molecule has 0 bridgehead atoms. The number of rotatable bonds is 12. The van der Waals surface area contributed by atoms with Crippen molar-refractivity contribution in [1.29, 1.82) is 0 Å². The van der Waals surface area contributed by atoms with Crippen LogP contribution < -0.4 is 0 Å². The Morgan fingerprint density at radius 2 is 0.452 bits per heavy atom. The van der Waals surface area contributed by atoms with Crippen molar-refractivity contribution < 1.29 is 54.0 Å². The summed E-state index contributed by atoms with van der Waals surface area (Å²) in [4.78, 5) is 0. The van der Waals surface area contributed by atoms with Gasteiger partial charge < -0.3 is 0 Å². The summed E-state index contributed by atoms with van der Waals surface area (Å²) in [6.45, 7) is 0. The summed E-state index contributed by atoms with van der Waals surface area (Å²) in [5.41, 5.74) is 0. The van der Waals surface area contributed by atoms with Gasteiger partial charge in [0.15, 0.2) is 0 Å². The Balaban J connectivity index is 7.72. The number of hydrogen-bond acceptors (Lipinski definition) is 6. The Kier molecular flexibility index (Phi) is 9.38. The van der Waals surface area contributed by atoms with Gasteiger partial charge in [0.2, 0.25) is 0 Å². The second-order valence-electron chi connectivity index (χ2n) is 8.37. The molecule has 0 rings (SSSR count). The first-order valence-electron chi connectivity index (χ1n) is 9.55. The van der Waals surface area contributed by atoms with E-state index >= 15 is 0 Å². The summed E-state index contributed by atoms with van der Waals surface area (Å²) in [5.74, 6) is 0. The van der Waals surface area contributed by atoms with Gasteiger partial charge in [-0.25, -0.2) is 0 Å². The third-order valence-corrected chi connectivity index (χ3v) is 6.54. The van der Waals surface area contributed by atoms with Crippen molar-refractivity contribution in [2.45, 2.75) is 0 Å². The van der Waals surface area contributed by atoms with Gasteiger partial charge in [-0.2, -0.15) is 0 Å². The topological polar surface area (TPSA) is 73.4 Å². The van der Waals surface area contributed by atoms with Gasteiger partial charge in [0, 0.05) is 0 Å². The molecule has 0 saturated heterocycles. The molecule has 180 valence electrons. The fourth-order valence-electron chi connectivity index (χ4n) is 1.69. The quantitative estimate of drug-likeness (QED) is 0.147. The Morgan fingerprint density at radius 1 is 0.323 bits per heavy atom. The van der Waals surface area contributed by atoms with E-state index in [1.54, 1.807) is 112 Å². The monoisotopic (exact) mass is 466 g/mol. The maximum atomic E-state index is 6.17. The normalized spacial score (nSPS) is 12.4. The van der Waals surface area contributed by atoms with Crippen LogP contribution in [-0.2, 0) is 26.6 Å². The molecule has 0 atom stereocenters. The van der Waals surface area contributed by atoms with Crippen LogP contribution in [0.4, 0.5) is 0 Å². The first-order chi connectivity index (χ1) is 14.1. The summed E-state index contributed by atoms with van der Waals surface area (Å²) in [5, 5.41) is 0. The van der Waals surface area contributed by atoms with Crippen LogP contribution in [-0.4, -0.2) is 159 Å². The van der Waals surface area contributed by atoms with Crippen molar-refractivity contribution >= 4 is 46.5 Å². The molecule has 0 aliphatic heterocycles. The van der Waals surface area contributed by atoms with Crippen molar-refractivity contribution in [2.75, 3.05) is 84.6 Å². The van der Waals surface area contributed by atoms with Crippen LogP contribution in [0.5, 0.6) is 0 Å². The molecule has 0 N–H and O–H groups in total. The molecule has 0 radical (unpaired) electrons. The standard InChI is InChI=1S/C18H42N6O6Si/c1-19(2)13-25-31(26-14-20(3)4,27-15-21(5)6,28-16-22(7)8,29-17-23(9)10)30-18-24(11)12/h13-18H,1-12H3/q+4. The van der Waals surface area contributed by atoms with Crippen LogP contribution >= 0.6 is 0 Å². The fourth-order valence-corrected chi connectivity index (χ4v) is 5.08. The predicted octanol–water partition coefficient (Wildman–Crippen LogP) is -1.77. The molecule has 0 heterocycles. The van der Waals surface area contributed by atoms with Crippen LogP contribution in [0.1, 0.15) is 0 Å². The van der Waals surface area contributed by atoms with Gasteiger partial charge in [0.1, 0.15) is 0 Å². The molecule has 0 amide bonds. The van der Waals surface area contributed by atoms with E-state index in [9.17, 15) is 0 Å². The third-order valence-electron chi connectivity index (χ3n) is 3.02. The molecule has 13 heteroatoms. The number of nitrogens with zero attached hydrogens (tertiary/aromatic N) is 6. The van der Waals surface area contributed by atoms with E-state index in [1.807, 2.05) is 0 Å². The van der Waals surface area contributed by atoms with Gasteiger partial charge in [-0.05, 0) is 0 Å². The number of hydrogen-bond donors (Lipinski definition) is 0. The van der Waals surface area contributed by atoms with Gasteiger partial charge in [-0.1, -0.05) is 0 Å². The van der Waals surface area contributed by atoms with Crippen molar-refractivity contribution in [3.05, 3.63) is 0 Å². The fraction of sp³-hybridized carbons (Fsp3) is 0.667. The Morgan fingerprint density at radius 3 is 0.548 bits per heavy atom. The molecular weight excluding hydrogens is 424 g/mol. The van der Waals surface area contributed by atoms with Gasteiger partial charge in [-0.15, -0.1) is 0 Å². The molecule has 0 saturated carbocycles. The van der Waals surface area contributed by atoms with Crippen LogP contribution in [0.15, 0.2) is 0 Å². The molecule has 0 aromatic carbocycles. The van der Waals surface area contributed by atoms with Crippen LogP contribution in [0.2, 0.25) is 0 Å². The average molecular weight is 467 g/mol. The molecule has 31 heavy (non-hydrogen) atoms. The molecule has 0 aromatic rings. The second-order valence-corrected chi connectivity index (χ2v) is 12.3. The first kappa shape index (κ1) is 28.0. The van der Waals surface area contributed by atoms with Crippen molar-refractivity contribution in [3.63, 3.8) is 0 Å². The minimum absolute atomic E-state index is 1.33. The van der Waals surface area contributed by atoms with Gasteiger partial charge in [0.25, 0.3) is 0 Å².